The van der Waals surface area contributed by atoms with Crippen molar-refractivity contribution in [1.29, 1.82) is 0 Å². The van der Waals surface area contributed by atoms with Gasteiger partial charge in [0, 0.05) is 0 Å². The molecule has 3 heterocycles. The van der Waals surface area contributed by atoms with Crippen molar-refractivity contribution in [2.75, 3.05) is 0 Å². The predicted octanol–water partition coefficient (Wildman–Crippen LogP) is 4.37. The van der Waals surface area contributed by atoms with Crippen molar-refractivity contribution >= 4 is 16.1 Å². The molecule has 4 aliphatic carbocycles. The van der Waals surface area contributed by atoms with Crippen molar-refractivity contribution in [3.63, 3.8) is 0 Å². The Balaban J connectivity index is 0.00000140. The van der Waals surface area contributed by atoms with Gasteiger partial charge in [0.2, 0.25) is 0 Å². The Bertz CT molecular complexity index is 872. The van der Waals surface area contributed by atoms with Gasteiger partial charge in [-0.3, -0.25) is 0 Å². The number of allylic oxidation sites excluding steroid dienone is 8. The fourth-order valence-electron chi connectivity index (χ4n) is 11.8. The van der Waals surface area contributed by atoms with Gasteiger partial charge >= 0.3 is 223 Å². The minimum Gasteiger partial charge on any atom is -1.00 e. The fourth-order valence-corrected chi connectivity index (χ4v) is 40.4. The molecule has 5 heteroatoms. The van der Waals surface area contributed by atoms with E-state index in [0.29, 0.717) is 0 Å². The molecule has 0 nitrogen and oxygen atoms in total. The number of hydrogen-bond acceptors (Lipinski definition) is 0. The Morgan fingerprint density at radius 3 is 1.35 bits per heavy atom. The van der Waals surface area contributed by atoms with Gasteiger partial charge in [-0.05, 0) is 0 Å². The summed E-state index contributed by atoms with van der Waals surface area (Å²) < 4.78 is 6.08. The second-order valence-electron chi connectivity index (χ2n) is 14.4. The fraction of sp³-hybridized carbons (Fsp3) is 0.750. The van der Waals surface area contributed by atoms with Crippen LogP contribution in [0.5, 0.6) is 0 Å². The van der Waals surface area contributed by atoms with E-state index in [1.165, 1.54) is 32.4 Å². The van der Waals surface area contributed by atoms with Gasteiger partial charge in [-0.2, -0.15) is 0 Å². The van der Waals surface area contributed by atoms with Gasteiger partial charge in [0.05, 0.1) is 0 Å². The normalized spacial score (nSPS) is 41.7. The molecule has 3 saturated heterocycles. The molecule has 8 atom stereocenters. The molecule has 7 aliphatic rings. The molecule has 0 radical (unpaired) electrons. The minimum atomic E-state index is -1.88. The van der Waals surface area contributed by atoms with Crippen LogP contribution in [-0.2, 0) is 16.6 Å². The Kier molecular flexibility index (Phi) is 8.81. The van der Waals surface area contributed by atoms with Crippen LogP contribution in [0.1, 0.15) is 52.4 Å². The topological polar surface area (TPSA) is 0 Å². The number of hydrogen-bond donors (Lipinski definition) is 0. The van der Waals surface area contributed by atoms with Gasteiger partial charge < -0.3 is 24.8 Å². The van der Waals surface area contributed by atoms with Crippen LogP contribution < -0.4 is 24.8 Å². The molecule has 0 aromatic rings. The summed E-state index contributed by atoms with van der Waals surface area (Å²) in [6, 6.07) is 10.2. The van der Waals surface area contributed by atoms with Crippen LogP contribution >= 0.6 is 0 Å². The van der Waals surface area contributed by atoms with E-state index < -0.39 is 32.7 Å². The molecule has 2 saturated carbocycles. The van der Waals surface area contributed by atoms with Gasteiger partial charge in [0.25, 0.3) is 0 Å². The van der Waals surface area contributed by atoms with Gasteiger partial charge in [0.1, 0.15) is 0 Å². The zero-order chi connectivity index (χ0) is 23.7. The quantitative estimate of drug-likeness (QED) is 0.359. The Labute approximate surface area is 245 Å². The Morgan fingerprint density at radius 2 is 1.03 bits per heavy atom. The largest absolute Gasteiger partial charge is 1.00 e. The number of rotatable bonds is 8. The summed E-state index contributed by atoms with van der Waals surface area (Å²) in [7, 11) is -2.14. The minimum absolute atomic E-state index is 0. The smallest absolute Gasteiger partial charge is 1.00 e. The SMILES string of the molecule is CCC[Si]1(C2C3C=CC=CC3C[CH]2[Ti+2]2([CH]3CC4C=CC=CC4C3[Si]3(CCC)CCC3)[CH2][CH2]2)CCC1.[Cl-].[Cl-]. The third-order valence-corrected chi connectivity index (χ3v) is 36.1. The average Bonchev–Trinajstić information content (AvgIpc) is 3.39. The third kappa shape index (κ3) is 4.44. The number of fused-ring (bicyclic) bond motifs is 2. The van der Waals surface area contributed by atoms with Crippen LogP contribution in [0.15, 0.2) is 48.6 Å². The second-order valence-corrected chi connectivity index (χ2v) is 31.9. The monoisotopic (exact) mass is 608 g/mol. The molecule has 0 N–H and O–H groups in total. The van der Waals surface area contributed by atoms with Crippen LogP contribution in [0.4, 0.5) is 0 Å². The average molecular weight is 610 g/mol. The van der Waals surface area contributed by atoms with Crippen LogP contribution in [0.3, 0.4) is 0 Å². The summed E-state index contributed by atoms with van der Waals surface area (Å²) in [6.45, 7) is 5.04. The molecule has 0 amide bonds. The first-order chi connectivity index (χ1) is 17.2. The van der Waals surface area contributed by atoms with E-state index in [4.69, 9.17) is 0 Å². The maximum Gasteiger partial charge on any atom is -1.00 e. The summed E-state index contributed by atoms with van der Waals surface area (Å²) in [5.74, 6) is 3.76. The first-order valence-electron chi connectivity index (χ1n) is 15.9. The van der Waals surface area contributed by atoms with Gasteiger partial charge in [-0.15, -0.1) is 0 Å². The van der Waals surface area contributed by atoms with Crippen molar-refractivity contribution < 1.29 is 41.4 Å². The molecule has 7 rings (SSSR count). The van der Waals surface area contributed by atoms with Crippen LogP contribution in [-0.4, -0.2) is 16.1 Å². The Morgan fingerprint density at radius 1 is 0.622 bits per heavy atom. The van der Waals surface area contributed by atoms with Crippen molar-refractivity contribution in [2.45, 2.75) is 118 Å². The van der Waals surface area contributed by atoms with Crippen molar-refractivity contribution in [3.8, 4) is 0 Å². The zero-order valence-electron chi connectivity index (χ0n) is 23.4. The van der Waals surface area contributed by atoms with E-state index in [2.05, 4.69) is 62.5 Å². The molecule has 0 bridgehead atoms. The summed E-state index contributed by atoms with van der Waals surface area (Å²) in [6.07, 6.45) is 30.1. The molecule has 0 aromatic heterocycles. The van der Waals surface area contributed by atoms with Crippen molar-refractivity contribution in [3.05, 3.63) is 48.6 Å². The van der Waals surface area contributed by atoms with E-state index in [1.807, 2.05) is 0 Å². The van der Waals surface area contributed by atoms with Crippen molar-refractivity contribution in [2.24, 2.45) is 23.7 Å². The molecule has 8 unspecified atom stereocenters. The van der Waals surface area contributed by atoms with E-state index in [0.717, 1.165) is 23.7 Å². The molecule has 37 heavy (non-hydrogen) atoms. The van der Waals surface area contributed by atoms with E-state index in [9.17, 15) is 0 Å². The zero-order valence-corrected chi connectivity index (χ0v) is 28.5. The van der Waals surface area contributed by atoms with Crippen molar-refractivity contribution in [1.82, 2.24) is 0 Å². The molecule has 0 spiro atoms. The van der Waals surface area contributed by atoms with Crippen LogP contribution in [0.25, 0.3) is 0 Å². The molecule has 5 fully saturated rings. The summed E-state index contributed by atoms with van der Waals surface area (Å²) in [4.78, 5) is 0. The van der Waals surface area contributed by atoms with Gasteiger partial charge in [0.15, 0.2) is 0 Å². The van der Waals surface area contributed by atoms with Crippen LogP contribution in [0, 0.1) is 23.7 Å². The maximum absolute atomic E-state index is 2.76. The first-order valence-corrected chi connectivity index (χ1v) is 25.3. The standard InChI is InChI=1S/2C15H23Si.C2H4.2ClH.Ti/c2*1-2-10-16(11-5-12-16)15-9-8-13-6-3-4-7-14(13)15;1-2;;;/h2*3-4,6-7,9,13-15H,2,5,8,10-12H2,1H3;1-2H2;2*1H;/q;;;;;+2/p-2. The Hall–Kier alpha value is 0.688. The molecule has 3 aliphatic heterocycles. The third-order valence-electron chi connectivity index (χ3n) is 13.3. The first kappa shape index (κ1) is 29.2. The molecule has 204 valence electrons. The number of halogens is 2. The van der Waals surface area contributed by atoms with Crippen LogP contribution in [0.2, 0.25) is 65.2 Å². The summed E-state index contributed by atoms with van der Waals surface area (Å²) in [5.41, 5.74) is 2.40. The van der Waals surface area contributed by atoms with Gasteiger partial charge in [-0.1, -0.05) is 0 Å². The van der Waals surface area contributed by atoms with Gasteiger partial charge in [-0.25, -0.2) is 0 Å². The predicted molar refractivity (Wildman–Crippen MR) is 155 cm³/mol. The molecule has 0 aromatic carbocycles. The maximum atomic E-state index is 2.76. The summed E-state index contributed by atoms with van der Waals surface area (Å²) >= 11 is -1.88. The van der Waals surface area contributed by atoms with E-state index >= 15 is 0 Å². The molecular weight excluding hydrogens is 559 g/mol. The summed E-state index contributed by atoms with van der Waals surface area (Å²) in [5, 5.41) is 0. The van der Waals surface area contributed by atoms with E-state index in [1.54, 1.807) is 71.4 Å². The molecular formula is C32H50Cl2Si2Ti. The second kappa shape index (κ2) is 11.2. The van der Waals surface area contributed by atoms with E-state index in [-0.39, 0.29) is 24.8 Å².